The largest absolute Gasteiger partial charge is 0.484 e. The second kappa shape index (κ2) is 5.40. The van der Waals surface area contributed by atoms with Crippen molar-refractivity contribution in [1.82, 2.24) is 10.1 Å². The number of hydrogen-bond acceptors (Lipinski definition) is 5. The third kappa shape index (κ3) is 3.11. The van der Waals surface area contributed by atoms with Crippen molar-refractivity contribution in [3.63, 3.8) is 0 Å². The van der Waals surface area contributed by atoms with Crippen LogP contribution in [0.1, 0.15) is 27.6 Å². The maximum atomic E-state index is 11.2. The number of ether oxygens (including phenoxy) is 1. The third-order valence-electron chi connectivity index (χ3n) is 2.39. The zero-order valence-electron chi connectivity index (χ0n) is 10.3. The van der Waals surface area contributed by atoms with E-state index in [1.165, 1.54) is 6.07 Å². The van der Waals surface area contributed by atoms with Crippen molar-refractivity contribution >= 4 is 21.9 Å². The van der Waals surface area contributed by atoms with Gasteiger partial charge in [-0.1, -0.05) is 21.1 Å². The van der Waals surface area contributed by atoms with Crippen LogP contribution in [-0.2, 0) is 6.61 Å². The quantitative estimate of drug-likeness (QED) is 0.929. The number of carbonyl (C=O) groups is 1. The normalized spacial score (nSPS) is 10.5. The molecule has 2 aromatic rings. The number of benzene rings is 1. The van der Waals surface area contributed by atoms with Crippen LogP contribution in [0.5, 0.6) is 5.75 Å². The molecule has 0 aliphatic rings. The van der Waals surface area contributed by atoms with Gasteiger partial charge in [-0.2, -0.15) is 4.98 Å². The molecule has 1 N–H and O–H groups in total. The second-order valence-corrected chi connectivity index (χ2v) is 4.84. The minimum atomic E-state index is -1.05. The summed E-state index contributed by atoms with van der Waals surface area (Å²) in [6.07, 6.45) is 0. The fourth-order valence-corrected chi connectivity index (χ4v) is 2.19. The first-order chi connectivity index (χ1) is 8.97. The van der Waals surface area contributed by atoms with Crippen molar-refractivity contribution in [2.45, 2.75) is 20.5 Å². The number of nitrogens with zero attached hydrogens (tertiary/aromatic N) is 2. The highest BCUT2D eigenvalue weighted by molar-refractivity contribution is 9.10. The van der Waals surface area contributed by atoms with E-state index in [1.54, 1.807) is 19.9 Å². The maximum absolute atomic E-state index is 11.2. The van der Waals surface area contributed by atoms with E-state index in [4.69, 9.17) is 14.4 Å². The lowest BCUT2D eigenvalue weighted by Gasteiger charge is -2.11. The molecule has 0 fully saturated rings. The van der Waals surface area contributed by atoms with Crippen LogP contribution in [0, 0.1) is 13.8 Å². The molecule has 0 amide bonds. The number of hydrogen-bond donors (Lipinski definition) is 1. The van der Waals surface area contributed by atoms with Gasteiger partial charge in [-0.15, -0.1) is 0 Å². The standard InChI is InChI=1S/C12H11BrN2O4/c1-6-3-8(13)4-9(12(16)17)11(6)18-5-10-14-7(2)19-15-10/h3-4H,5H2,1-2H3,(H,16,17). The maximum Gasteiger partial charge on any atom is 0.339 e. The van der Waals surface area contributed by atoms with Gasteiger partial charge in [0.05, 0.1) is 0 Å². The molecule has 0 bridgehead atoms. The first-order valence-corrected chi connectivity index (χ1v) is 6.22. The van der Waals surface area contributed by atoms with E-state index in [0.717, 1.165) is 0 Å². The van der Waals surface area contributed by atoms with Crippen LogP contribution < -0.4 is 4.74 Å². The molecule has 0 saturated heterocycles. The highest BCUT2D eigenvalue weighted by atomic mass is 79.9. The van der Waals surface area contributed by atoms with Gasteiger partial charge in [0.25, 0.3) is 0 Å². The van der Waals surface area contributed by atoms with Crippen molar-refractivity contribution in [2.75, 3.05) is 0 Å². The summed E-state index contributed by atoms with van der Waals surface area (Å²) in [6.45, 7) is 3.50. The molecule has 6 nitrogen and oxygen atoms in total. The number of carboxylic acids is 1. The Bertz CT molecular complexity index is 624. The molecule has 0 atom stereocenters. The monoisotopic (exact) mass is 326 g/mol. The topological polar surface area (TPSA) is 85.5 Å². The molecule has 100 valence electrons. The fourth-order valence-electron chi connectivity index (χ4n) is 1.62. The third-order valence-corrected chi connectivity index (χ3v) is 2.84. The molecule has 1 aromatic carbocycles. The SMILES string of the molecule is Cc1nc(COc2c(C)cc(Br)cc2C(=O)O)no1. The van der Waals surface area contributed by atoms with Crippen molar-refractivity contribution in [3.05, 3.63) is 39.4 Å². The van der Waals surface area contributed by atoms with Crippen LogP contribution >= 0.6 is 15.9 Å². The van der Waals surface area contributed by atoms with Gasteiger partial charge in [-0.25, -0.2) is 4.79 Å². The van der Waals surface area contributed by atoms with Crippen molar-refractivity contribution in [1.29, 1.82) is 0 Å². The molecule has 2 rings (SSSR count). The minimum Gasteiger partial charge on any atom is -0.484 e. The Morgan fingerprint density at radius 1 is 1.47 bits per heavy atom. The molecule has 0 saturated carbocycles. The minimum absolute atomic E-state index is 0.0556. The summed E-state index contributed by atoms with van der Waals surface area (Å²) in [6, 6.07) is 3.27. The summed E-state index contributed by atoms with van der Waals surface area (Å²) < 4.78 is 11.0. The molecule has 19 heavy (non-hydrogen) atoms. The number of carboxylic acid groups (broad SMARTS) is 1. The summed E-state index contributed by atoms with van der Waals surface area (Å²) in [5.41, 5.74) is 0.805. The van der Waals surface area contributed by atoms with Gasteiger partial charge in [0.2, 0.25) is 11.7 Å². The summed E-state index contributed by atoms with van der Waals surface area (Å²) in [5.74, 6) is 0.0580. The van der Waals surface area contributed by atoms with Gasteiger partial charge in [0.15, 0.2) is 6.61 Å². The van der Waals surface area contributed by atoms with Gasteiger partial charge in [-0.05, 0) is 24.6 Å². The molecule has 0 aliphatic carbocycles. The van der Waals surface area contributed by atoms with Gasteiger partial charge in [0, 0.05) is 11.4 Å². The van der Waals surface area contributed by atoms with Gasteiger partial charge in [0.1, 0.15) is 11.3 Å². The number of aryl methyl sites for hydroxylation is 2. The zero-order chi connectivity index (χ0) is 14.0. The lowest BCUT2D eigenvalue weighted by molar-refractivity contribution is 0.0691. The Balaban J connectivity index is 2.26. The van der Waals surface area contributed by atoms with Crippen LogP contribution in [0.25, 0.3) is 0 Å². The Labute approximate surface area is 117 Å². The first kappa shape index (κ1) is 13.5. The van der Waals surface area contributed by atoms with Crippen molar-refractivity contribution in [3.8, 4) is 5.75 Å². The number of halogens is 1. The second-order valence-electron chi connectivity index (χ2n) is 3.92. The van der Waals surface area contributed by atoms with Crippen LogP contribution in [-0.4, -0.2) is 21.2 Å². The van der Waals surface area contributed by atoms with Crippen molar-refractivity contribution in [2.24, 2.45) is 0 Å². The molecule has 0 radical (unpaired) electrons. The molecule has 0 spiro atoms. The summed E-state index contributed by atoms with van der Waals surface area (Å²) in [7, 11) is 0. The number of aromatic carboxylic acids is 1. The molecular formula is C12H11BrN2O4. The predicted molar refractivity (Wildman–Crippen MR) is 69.2 cm³/mol. The molecular weight excluding hydrogens is 316 g/mol. The van der Waals surface area contributed by atoms with Gasteiger partial charge in [-0.3, -0.25) is 0 Å². The van der Waals surface area contributed by atoms with E-state index in [9.17, 15) is 4.79 Å². The van der Waals surface area contributed by atoms with E-state index in [0.29, 0.717) is 27.5 Å². The highest BCUT2D eigenvalue weighted by Crippen LogP contribution is 2.28. The first-order valence-electron chi connectivity index (χ1n) is 5.43. The molecule has 0 aliphatic heterocycles. The zero-order valence-corrected chi connectivity index (χ0v) is 11.9. The van der Waals surface area contributed by atoms with Crippen LogP contribution in [0.2, 0.25) is 0 Å². The molecule has 1 aromatic heterocycles. The van der Waals surface area contributed by atoms with Crippen LogP contribution in [0.4, 0.5) is 0 Å². The number of aromatic nitrogens is 2. The average Bonchev–Trinajstić information content (AvgIpc) is 2.73. The van der Waals surface area contributed by atoms with Gasteiger partial charge < -0.3 is 14.4 Å². The van der Waals surface area contributed by atoms with Crippen LogP contribution in [0.15, 0.2) is 21.1 Å². The Hall–Kier alpha value is -1.89. The molecule has 0 unspecified atom stereocenters. The summed E-state index contributed by atoms with van der Waals surface area (Å²) in [5, 5.41) is 12.9. The Kier molecular flexibility index (Phi) is 3.84. The van der Waals surface area contributed by atoms with E-state index in [-0.39, 0.29) is 12.2 Å². The summed E-state index contributed by atoms with van der Waals surface area (Å²) >= 11 is 3.26. The summed E-state index contributed by atoms with van der Waals surface area (Å²) in [4.78, 5) is 15.2. The average molecular weight is 327 g/mol. The van der Waals surface area contributed by atoms with E-state index >= 15 is 0 Å². The van der Waals surface area contributed by atoms with E-state index in [1.807, 2.05) is 0 Å². The van der Waals surface area contributed by atoms with Crippen molar-refractivity contribution < 1.29 is 19.2 Å². The lowest BCUT2D eigenvalue weighted by Crippen LogP contribution is -2.06. The Morgan fingerprint density at radius 3 is 2.79 bits per heavy atom. The van der Waals surface area contributed by atoms with Crippen LogP contribution in [0.3, 0.4) is 0 Å². The fraction of sp³-hybridized carbons (Fsp3) is 0.250. The smallest absolute Gasteiger partial charge is 0.339 e. The van der Waals surface area contributed by atoms with Gasteiger partial charge >= 0.3 is 5.97 Å². The molecule has 7 heteroatoms. The predicted octanol–water partition coefficient (Wildman–Crippen LogP) is 2.73. The highest BCUT2D eigenvalue weighted by Gasteiger charge is 2.16. The Morgan fingerprint density at radius 2 is 2.21 bits per heavy atom. The van der Waals surface area contributed by atoms with E-state index in [2.05, 4.69) is 26.1 Å². The molecule has 1 heterocycles. The number of rotatable bonds is 4. The lowest BCUT2D eigenvalue weighted by atomic mass is 10.1. The van der Waals surface area contributed by atoms with E-state index < -0.39 is 5.97 Å².